The van der Waals surface area contributed by atoms with Gasteiger partial charge in [0.1, 0.15) is 5.82 Å². The van der Waals surface area contributed by atoms with Gasteiger partial charge in [0.2, 0.25) is 5.95 Å². The van der Waals surface area contributed by atoms with E-state index >= 15 is 0 Å². The van der Waals surface area contributed by atoms with Crippen LogP contribution in [0.25, 0.3) is 16.9 Å². The number of hydrogen-bond donors (Lipinski definition) is 1. The number of benzene rings is 1. The molecule has 7 nitrogen and oxygen atoms in total. The van der Waals surface area contributed by atoms with E-state index < -0.39 is 0 Å². The number of pyridine rings is 1. The zero-order valence-corrected chi connectivity index (χ0v) is 17.8. The maximum Gasteiger partial charge on any atom is 0.223 e. The van der Waals surface area contributed by atoms with Crippen molar-refractivity contribution in [2.24, 2.45) is 0 Å². The quantitative estimate of drug-likeness (QED) is 0.489. The summed E-state index contributed by atoms with van der Waals surface area (Å²) in [6, 6.07) is 14.2. The van der Waals surface area contributed by atoms with Gasteiger partial charge in [-0.1, -0.05) is 23.7 Å². The Morgan fingerprint density at radius 3 is 2.84 bits per heavy atom. The molecule has 4 aromatic rings. The molecule has 0 amide bonds. The van der Waals surface area contributed by atoms with Crippen LogP contribution in [0.5, 0.6) is 0 Å². The lowest BCUT2D eigenvalue weighted by molar-refractivity contribution is 0.0903. The molecule has 0 spiro atoms. The molecule has 0 radical (unpaired) electrons. The smallest absolute Gasteiger partial charge is 0.223 e. The summed E-state index contributed by atoms with van der Waals surface area (Å²) < 4.78 is 7.44. The zero-order valence-electron chi connectivity index (χ0n) is 17.0. The number of nitrogens with zero attached hydrogens (tertiary/aromatic N) is 5. The fraction of sp³-hybridized carbons (Fsp3) is 0.304. The van der Waals surface area contributed by atoms with Crippen molar-refractivity contribution >= 4 is 23.2 Å². The first kappa shape index (κ1) is 19.9. The number of rotatable bonds is 6. The van der Waals surface area contributed by atoms with Crippen LogP contribution < -0.4 is 5.32 Å². The van der Waals surface area contributed by atoms with Crippen LogP contribution in [0, 0.1) is 0 Å². The second-order valence-corrected chi connectivity index (χ2v) is 8.12. The largest absolute Gasteiger partial charge is 0.381 e. The van der Waals surface area contributed by atoms with E-state index in [1.807, 2.05) is 47.0 Å². The first-order valence-corrected chi connectivity index (χ1v) is 10.9. The van der Waals surface area contributed by atoms with Gasteiger partial charge in [0.05, 0.1) is 5.69 Å². The van der Waals surface area contributed by atoms with Crippen LogP contribution in [0.1, 0.15) is 24.2 Å². The monoisotopic (exact) mass is 434 g/mol. The first-order valence-electron chi connectivity index (χ1n) is 10.5. The predicted molar refractivity (Wildman–Crippen MR) is 120 cm³/mol. The molecule has 5 rings (SSSR count). The van der Waals surface area contributed by atoms with Crippen LogP contribution in [0.15, 0.2) is 54.9 Å². The van der Waals surface area contributed by atoms with Crippen LogP contribution >= 0.6 is 11.6 Å². The van der Waals surface area contributed by atoms with E-state index in [9.17, 15) is 0 Å². The third-order valence-corrected chi connectivity index (χ3v) is 5.75. The summed E-state index contributed by atoms with van der Waals surface area (Å²) >= 11 is 6.09. The van der Waals surface area contributed by atoms with Gasteiger partial charge in [0, 0.05) is 48.7 Å². The average Bonchev–Trinajstić information content (AvgIpc) is 3.21. The highest BCUT2D eigenvalue weighted by molar-refractivity contribution is 6.30. The lowest BCUT2D eigenvalue weighted by Crippen LogP contribution is -2.28. The molecular weight excluding hydrogens is 412 g/mol. The second-order valence-electron chi connectivity index (χ2n) is 7.69. The van der Waals surface area contributed by atoms with Crippen molar-refractivity contribution in [3.8, 4) is 11.3 Å². The van der Waals surface area contributed by atoms with E-state index in [4.69, 9.17) is 21.3 Å². The summed E-state index contributed by atoms with van der Waals surface area (Å²) in [7, 11) is 0. The Hall–Kier alpha value is -3.03. The lowest BCUT2D eigenvalue weighted by atomic mass is 10.1. The minimum Gasteiger partial charge on any atom is -0.381 e. The number of fused-ring (bicyclic) bond motifs is 1. The van der Waals surface area contributed by atoms with Gasteiger partial charge in [-0.25, -0.2) is 9.97 Å². The van der Waals surface area contributed by atoms with Crippen molar-refractivity contribution in [1.82, 2.24) is 24.6 Å². The number of aromatic nitrogens is 5. The SMILES string of the molecule is Clc1cccc(CCc2nnc3cc(-c4ccnc(NC5CCOCC5)n4)ccn23)c1. The fourth-order valence-corrected chi connectivity index (χ4v) is 4.05. The molecule has 4 heterocycles. The summed E-state index contributed by atoms with van der Waals surface area (Å²) in [4.78, 5) is 9.08. The van der Waals surface area contributed by atoms with Gasteiger partial charge in [-0.2, -0.15) is 0 Å². The Labute approximate surface area is 185 Å². The van der Waals surface area contributed by atoms with E-state index in [2.05, 4.69) is 26.6 Å². The van der Waals surface area contributed by atoms with Gasteiger partial charge in [-0.05, 0) is 55.2 Å². The molecule has 1 fully saturated rings. The standard InChI is InChI=1S/C23H23ClN6O/c24-18-3-1-2-16(14-18)4-5-21-28-29-22-15-17(7-11-30(21)22)20-6-10-25-23(27-20)26-19-8-12-31-13-9-19/h1-3,6-7,10-11,14-15,19H,4-5,8-9,12-13H2,(H,25,26,27). The van der Waals surface area contributed by atoms with Crippen LogP contribution in [-0.4, -0.2) is 43.8 Å². The van der Waals surface area contributed by atoms with Crippen molar-refractivity contribution in [2.45, 2.75) is 31.7 Å². The maximum absolute atomic E-state index is 6.09. The summed E-state index contributed by atoms with van der Waals surface area (Å²) in [5.74, 6) is 1.57. The molecule has 8 heteroatoms. The molecule has 1 N–H and O–H groups in total. The zero-order chi connectivity index (χ0) is 21.0. The van der Waals surface area contributed by atoms with E-state index in [1.54, 1.807) is 6.20 Å². The van der Waals surface area contributed by atoms with Crippen molar-refractivity contribution in [1.29, 1.82) is 0 Å². The van der Waals surface area contributed by atoms with E-state index in [1.165, 1.54) is 5.56 Å². The molecule has 31 heavy (non-hydrogen) atoms. The summed E-state index contributed by atoms with van der Waals surface area (Å²) in [6.45, 7) is 1.56. The number of anilines is 1. The average molecular weight is 435 g/mol. The van der Waals surface area contributed by atoms with E-state index in [-0.39, 0.29) is 0 Å². The normalized spacial score (nSPS) is 14.7. The highest BCUT2D eigenvalue weighted by Gasteiger charge is 2.15. The number of ether oxygens (including phenoxy) is 1. The van der Waals surface area contributed by atoms with E-state index in [0.717, 1.165) is 66.6 Å². The molecule has 1 aromatic carbocycles. The molecule has 1 aliphatic rings. The van der Waals surface area contributed by atoms with Gasteiger partial charge in [-0.15, -0.1) is 10.2 Å². The van der Waals surface area contributed by atoms with Crippen molar-refractivity contribution in [3.63, 3.8) is 0 Å². The second kappa shape index (κ2) is 8.99. The number of halogens is 1. The molecule has 0 saturated carbocycles. The summed E-state index contributed by atoms with van der Waals surface area (Å²) in [5.41, 5.74) is 3.83. The predicted octanol–water partition coefficient (Wildman–Crippen LogP) is 4.22. The van der Waals surface area contributed by atoms with Gasteiger partial charge in [0.15, 0.2) is 5.65 Å². The van der Waals surface area contributed by atoms with Gasteiger partial charge in [-0.3, -0.25) is 4.40 Å². The van der Waals surface area contributed by atoms with E-state index in [0.29, 0.717) is 12.0 Å². The van der Waals surface area contributed by atoms with Gasteiger partial charge >= 0.3 is 0 Å². The highest BCUT2D eigenvalue weighted by atomic mass is 35.5. The minimum absolute atomic E-state index is 0.352. The Morgan fingerprint density at radius 2 is 1.97 bits per heavy atom. The molecule has 1 aliphatic heterocycles. The molecule has 0 atom stereocenters. The fourth-order valence-electron chi connectivity index (χ4n) is 3.83. The molecule has 0 unspecified atom stereocenters. The van der Waals surface area contributed by atoms with Gasteiger partial charge in [0.25, 0.3) is 0 Å². The third kappa shape index (κ3) is 4.68. The first-order chi connectivity index (χ1) is 15.2. The lowest BCUT2D eigenvalue weighted by Gasteiger charge is -2.23. The Bertz CT molecular complexity index is 1190. The number of aryl methyl sites for hydroxylation is 2. The Kier molecular flexibility index (Phi) is 5.78. The minimum atomic E-state index is 0.352. The van der Waals surface area contributed by atoms with Gasteiger partial charge < -0.3 is 10.1 Å². The molecule has 0 bridgehead atoms. The van der Waals surface area contributed by atoms with Crippen LogP contribution in [0.3, 0.4) is 0 Å². The molecule has 1 saturated heterocycles. The number of hydrogen-bond acceptors (Lipinski definition) is 6. The Balaban J connectivity index is 1.33. The topological polar surface area (TPSA) is 77.2 Å². The maximum atomic E-state index is 6.09. The Morgan fingerprint density at radius 1 is 1.06 bits per heavy atom. The molecular formula is C23H23ClN6O. The van der Waals surface area contributed by atoms with Crippen molar-refractivity contribution in [2.75, 3.05) is 18.5 Å². The molecule has 3 aromatic heterocycles. The molecule has 158 valence electrons. The van der Waals surface area contributed by atoms with Crippen LogP contribution in [0.2, 0.25) is 5.02 Å². The third-order valence-electron chi connectivity index (χ3n) is 5.51. The van der Waals surface area contributed by atoms with Crippen molar-refractivity contribution < 1.29 is 4.74 Å². The number of nitrogens with one attached hydrogen (secondary N) is 1. The summed E-state index contributed by atoms with van der Waals surface area (Å²) in [5, 5.41) is 12.9. The van der Waals surface area contributed by atoms with Crippen LogP contribution in [0.4, 0.5) is 5.95 Å². The van der Waals surface area contributed by atoms with Crippen molar-refractivity contribution in [3.05, 3.63) is 71.3 Å². The van der Waals surface area contributed by atoms with Crippen LogP contribution in [-0.2, 0) is 17.6 Å². The molecule has 0 aliphatic carbocycles. The highest BCUT2D eigenvalue weighted by Crippen LogP contribution is 2.21. The summed E-state index contributed by atoms with van der Waals surface area (Å²) in [6.07, 6.45) is 7.37.